The van der Waals surface area contributed by atoms with Crippen LogP contribution < -0.4 is 5.32 Å². The smallest absolute Gasteiger partial charge is 0.404 e. The SMILES string of the molecule is CC(CNC(=O)O)CC(O)c1ccccc1Cl. The lowest BCUT2D eigenvalue weighted by molar-refractivity contribution is 0.145. The molecule has 1 amide bonds. The summed E-state index contributed by atoms with van der Waals surface area (Å²) in [6.07, 6.45) is -1.26. The molecule has 0 fully saturated rings. The third-order valence-electron chi connectivity index (χ3n) is 2.49. The molecule has 0 bridgehead atoms. The Hall–Kier alpha value is -1.26. The summed E-state index contributed by atoms with van der Waals surface area (Å²) in [4.78, 5) is 10.3. The number of aliphatic hydroxyl groups is 1. The van der Waals surface area contributed by atoms with Crippen LogP contribution in [0.4, 0.5) is 4.79 Å². The first-order valence-electron chi connectivity index (χ1n) is 5.40. The highest BCUT2D eigenvalue weighted by molar-refractivity contribution is 6.31. The minimum absolute atomic E-state index is 0.0392. The fraction of sp³-hybridized carbons (Fsp3) is 0.417. The van der Waals surface area contributed by atoms with Crippen molar-refractivity contribution < 1.29 is 15.0 Å². The predicted octanol–water partition coefficient (Wildman–Crippen LogP) is 2.67. The molecule has 94 valence electrons. The summed E-state index contributed by atoms with van der Waals surface area (Å²) in [5.41, 5.74) is 0.677. The lowest BCUT2D eigenvalue weighted by atomic mass is 9.98. The fourth-order valence-corrected chi connectivity index (χ4v) is 1.86. The molecule has 1 rings (SSSR count). The zero-order chi connectivity index (χ0) is 12.8. The Morgan fingerprint density at radius 3 is 2.71 bits per heavy atom. The van der Waals surface area contributed by atoms with Crippen LogP contribution in [-0.4, -0.2) is 22.9 Å². The number of nitrogens with one attached hydrogen (secondary N) is 1. The molecule has 0 saturated heterocycles. The lowest BCUT2D eigenvalue weighted by Crippen LogP contribution is -2.27. The molecule has 0 heterocycles. The van der Waals surface area contributed by atoms with Gasteiger partial charge in [0.2, 0.25) is 0 Å². The molecule has 5 heteroatoms. The fourth-order valence-electron chi connectivity index (χ4n) is 1.60. The van der Waals surface area contributed by atoms with E-state index >= 15 is 0 Å². The molecule has 3 N–H and O–H groups in total. The van der Waals surface area contributed by atoms with Crippen molar-refractivity contribution in [3.63, 3.8) is 0 Å². The molecule has 4 nitrogen and oxygen atoms in total. The Morgan fingerprint density at radius 2 is 2.12 bits per heavy atom. The Bertz CT molecular complexity index is 384. The van der Waals surface area contributed by atoms with Gasteiger partial charge in [0.25, 0.3) is 0 Å². The number of hydrogen-bond donors (Lipinski definition) is 3. The van der Waals surface area contributed by atoms with E-state index in [1.165, 1.54) is 0 Å². The number of halogens is 1. The van der Waals surface area contributed by atoms with Crippen LogP contribution in [0.2, 0.25) is 5.02 Å². The number of amides is 1. The van der Waals surface area contributed by atoms with Gasteiger partial charge in [-0.2, -0.15) is 0 Å². The normalized spacial score (nSPS) is 14.1. The standard InChI is InChI=1S/C12H16ClNO3/c1-8(7-14-12(16)17)6-11(15)9-4-2-3-5-10(9)13/h2-5,8,11,14-15H,6-7H2,1H3,(H,16,17). The van der Waals surface area contributed by atoms with Crippen molar-refractivity contribution in [3.05, 3.63) is 34.9 Å². The maximum absolute atomic E-state index is 10.3. The molecule has 2 unspecified atom stereocenters. The van der Waals surface area contributed by atoms with Crippen LogP contribution in [0.1, 0.15) is 25.0 Å². The van der Waals surface area contributed by atoms with Crippen molar-refractivity contribution >= 4 is 17.7 Å². The first kappa shape index (κ1) is 13.8. The van der Waals surface area contributed by atoms with Crippen molar-refractivity contribution in [2.75, 3.05) is 6.54 Å². The zero-order valence-corrected chi connectivity index (χ0v) is 10.3. The third-order valence-corrected chi connectivity index (χ3v) is 2.84. The molecule has 17 heavy (non-hydrogen) atoms. The first-order chi connectivity index (χ1) is 8.00. The zero-order valence-electron chi connectivity index (χ0n) is 9.56. The maximum Gasteiger partial charge on any atom is 0.404 e. The van der Waals surface area contributed by atoms with Gasteiger partial charge < -0.3 is 15.5 Å². The number of carbonyl (C=O) groups is 1. The van der Waals surface area contributed by atoms with Crippen molar-refractivity contribution in [1.29, 1.82) is 0 Å². The monoisotopic (exact) mass is 257 g/mol. The Labute approximate surface area is 105 Å². The van der Waals surface area contributed by atoms with Crippen LogP contribution >= 0.6 is 11.6 Å². The quantitative estimate of drug-likeness (QED) is 0.760. The van der Waals surface area contributed by atoms with Gasteiger partial charge in [-0.3, -0.25) is 0 Å². The van der Waals surface area contributed by atoms with Crippen molar-refractivity contribution in [2.24, 2.45) is 5.92 Å². The summed E-state index contributed by atoms with van der Waals surface area (Å²) in [5, 5.41) is 21.3. The number of benzene rings is 1. The molecule has 0 aliphatic carbocycles. The van der Waals surface area contributed by atoms with Gasteiger partial charge in [-0.1, -0.05) is 36.7 Å². The minimum atomic E-state index is -1.05. The van der Waals surface area contributed by atoms with E-state index in [2.05, 4.69) is 5.32 Å². The second kappa shape index (κ2) is 6.47. The van der Waals surface area contributed by atoms with Gasteiger partial charge in [0.05, 0.1) is 6.10 Å². The Balaban J connectivity index is 2.51. The van der Waals surface area contributed by atoms with E-state index < -0.39 is 12.2 Å². The molecule has 1 aromatic carbocycles. The summed E-state index contributed by atoms with van der Waals surface area (Å²) in [6.45, 7) is 2.19. The summed E-state index contributed by atoms with van der Waals surface area (Å²) in [6, 6.07) is 7.10. The van der Waals surface area contributed by atoms with Gasteiger partial charge in [0.15, 0.2) is 0 Å². The number of hydrogen-bond acceptors (Lipinski definition) is 2. The van der Waals surface area contributed by atoms with E-state index in [4.69, 9.17) is 16.7 Å². The van der Waals surface area contributed by atoms with E-state index in [9.17, 15) is 9.90 Å². The number of carboxylic acid groups (broad SMARTS) is 1. The highest BCUT2D eigenvalue weighted by Crippen LogP contribution is 2.27. The van der Waals surface area contributed by atoms with Gasteiger partial charge in [0, 0.05) is 11.6 Å². The molecule has 2 atom stereocenters. The average molecular weight is 258 g/mol. The van der Waals surface area contributed by atoms with E-state index in [1.807, 2.05) is 13.0 Å². The Morgan fingerprint density at radius 1 is 1.47 bits per heavy atom. The van der Waals surface area contributed by atoms with Crippen LogP contribution in [-0.2, 0) is 0 Å². The minimum Gasteiger partial charge on any atom is -0.465 e. The summed E-state index contributed by atoms with van der Waals surface area (Å²) in [7, 11) is 0. The molecule has 0 aliphatic heterocycles. The highest BCUT2D eigenvalue weighted by Gasteiger charge is 2.15. The van der Waals surface area contributed by atoms with E-state index in [-0.39, 0.29) is 5.92 Å². The topological polar surface area (TPSA) is 69.6 Å². The van der Waals surface area contributed by atoms with Crippen LogP contribution in [0.15, 0.2) is 24.3 Å². The lowest BCUT2D eigenvalue weighted by Gasteiger charge is -2.17. The molecular weight excluding hydrogens is 242 g/mol. The van der Waals surface area contributed by atoms with Gasteiger partial charge in [-0.05, 0) is 24.0 Å². The highest BCUT2D eigenvalue weighted by atomic mass is 35.5. The number of rotatable bonds is 5. The second-order valence-corrected chi connectivity index (χ2v) is 4.47. The van der Waals surface area contributed by atoms with Crippen LogP contribution in [0.3, 0.4) is 0 Å². The van der Waals surface area contributed by atoms with Crippen LogP contribution in [0.5, 0.6) is 0 Å². The molecule has 0 spiro atoms. The van der Waals surface area contributed by atoms with Crippen molar-refractivity contribution in [1.82, 2.24) is 5.32 Å². The van der Waals surface area contributed by atoms with E-state index in [0.29, 0.717) is 23.6 Å². The van der Waals surface area contributed by atoms with Gasteiger partial charge in [0.1, 0.15) is 0 Å². The van der Waals surface area contributed by atoms with Gasteiger partial charge in [-0.25, -0.2) is 4.79 Å². The third kappa shape index (κ3) is 4.63. The van der Waals surface area contributed by atoms with Crippen LogP contribution in [0, 0.1) is 5.92 Å². The molecule has 0 saturated carbocycles. The molecule has 0 radical (unpaired) electrons. The van der Waals surface area contributed by atoms with E-state index in [0.717, 1.165) is 0 Å². The molecule has 0 aliphatic rings. The Kier molecular flexibility index (Phi) is 5.25. The summed E-state index contributed by atoms with van der Waals surface area (Å²) < 4.78 is 0. The summed E-state index contributed by atoms with van der Waals surface area (Å²) >= 11 is 5.96. The molecular formula is C12H16ClNO3. The predicted molar refractivity (Wildman–Crippen MR) is 66.2 cm³/mol. The van der Waals surface area contributed by atoms with Crippen molar-refractivity contribution in [2.45, 2.75) is 19.4 Å². The first-order valence-corrected chi connectivity index (χ1v) is 5.77. The molecule has 1 aromatic rings. The van der Waals surface area contributed by atoms with Crippen LogP contribution in [0.25, 0.3) is 0 Å². The van der Waals surface area contributed by atoms with Crippen molar-refractivity contribution in [3.8, 4) is 0 Å². The average Bonchev–Trinajstić information content (AvgIpc) is 2.26. The van der Waals surface area contributed by atoms with Gasteiger partial charge >= 0.3 is 6.09 Å². The maximum atomic E-state index is 10.3. The second-order valence-electron chi connectivity index (χ2n) is 4.06. The molecule has 0 aromatic heterocycles. The number of aliphatic hydroxyl groups excluding tert-OH is 1. The van der Waals surface area contributed by atoms with E-state index in [1.54, 1.807) is 18.2 Å². The largest absolute Gasteiger partial charge is 0.465 e. The van der Waals surface area contributed by atoms with Gasteiger partial charge in [-0.15, -0.1) is 0 Å². The summed E-state index contributed by atoms with van der Waals surface area (Å²) in [5.74, 6) is 0.0392.